The maximum Gasteiger partial charge on any atom is 0.321 e. The lowest BCUT2D eigenvalue weighted by molar-refractivity contribution is -0.158. The molecule has 3 aliphatic rings. The highest BCUT2D eigenvalue weighted by atomic mass is 16.5. The van der Waals surface area contributed by atoms with Crippen molar-refractivity contribution in [3.63, 3.8) is 0 Å². The summed E-state index contributed by atoms with van der Waals surface area (Å²) in [5, 5.41) is 15.2. The Bertz CT molecular complexity index is 603. The van der Waals surface area contributed by atoms with Crippen LogP contribution in [0.4, 0.5) is 4.79 Å². The molecule has 2 aliphatic carbocycles. The quantitative estimate of drug-likeness (QED) is 0.322. The Kier molecular flexibility index (Phi) is 6.88. The fourth-order valence-corrected chi connectivity index (χ4v) is 4.35. The summed E-state index contributed by atoms with van der Waals surface area (Å²) in [5.41, 5.74) is 0. The maximum atomic E-state index is 13.2. The molecule has 0 aromatic rings. The fourth-order valence-electron chi connectivity index (χ4n) is 4.35. The lowest BCUT2D eigenvalue weighted by Gasteiger charge is -2.30. The Hall–Kier alpha value is -2.16. The minimum Gasteiger partial charge on any atom is -0.335 e. The number of nitrogens with zero attached hydrogens (tertiary/aromatic N) is 2. The molecular formula is C19H30N4O5. The predicted molar refractivity (Wildman–Crippen MR) is 99.1 cm³/mol. The molecule has 1 saturated heterocycles. The Morgan fingerprint density at radius 3 is 2.46 bits per heavy atom. The smallest absolute Gasteiger partial charge is 0.321 e. The molecule has 0 bridgehead atoms. The minimum absolute atomic E-state index is 0.0775. The fraction of sp³-hybridized carbons (Fsp3) is 0.789. The highest BCUT2D eigenvalue weighted by Crippen LogP contribution is 2.32. The van der Waals surface area contributed by atoms with Gasteiger partial charge in [0, 0.05) is 12.6 Å². The van der Waals surface area contributed by atoms with Crippen LogP contribution in [0.3, 0.4) is 0 Å². The van der Waals surface area contributed by atoms with E-state index in [1.807, 2.05) is 0 Å². The van der Waals surface area contributed by atoms with Gasteiger partial charge in [-0.2, -0.15) is 0 Å². The number of hydrogen-bond acceptors (Lipinski definition) is 5. The van der Waals surface area contributed by atoms with Gasteiger partial charge in [-0.3, -0.25) is 24.9 Å². The average molecular weight is 394 g/mol. The lowest BCUT2D eigenvalue weighted by Crippen LogP contribution is -2.52. The molecule has 3 N–H and O–H groups in total. The number of imide groups is 1. The number of carbonyl (C=O) groups excluding carboxylic acids is 4. The monoisotopic (exact) mass is 394 g/mol. The molecule has 0 spiro atoms. The van der Waals surface area contributed by atoms with E-state index in [-0.39, 0.29) is 18.5 Å². The van der Waals surface area contributed by atoms with E-state index in [1.165, 1.54) is 4.90 Å². The van der Waals surface area contributed by atoms with Gasteiger partial charge in [0.2, 0.25) is 12.3 Å². The van der Waals surface area contributed by atoms with Gasteiger partial charge in [-0.05, 0) is 38.0 Å². The third kappa shape index (κ3) is 5.43. The molecule has 1 heterocycles. The van der Waals surface area contributed by atoms with Crippen LogP contribution < -0.4 is 10.6 Å². The van der Waals surface area contributed by atoms with Gasteiger partial charge < -0.3 is 10.2 Å². The van der Waals surface area contributed by atoms with Crippen molar-refractivity contribution in [2.45, 2.75) is 69.9 Å². The Labute approximate surface area is 164 Å². The van der Waals surface area contributed by atoms with Crippen molar-refractivity contribution in [3.8, 4) is 0 Å². The predicted octanol–water partition coefficient (Wildman–Crippen LogP) is 1.01. The van der Waals surface area contributed by atoms with Crippen molar-refractivity contribution in [2.24, 2.45) is 11.8 Å². The first kappa shape index (κ1) is 20.6. The summed E-state index contributed by atoms with van der Waals surface area (Å²) in [7, 11) is 0. The number of nitrogens with one attached hydrogen (secondary N) is 2. The van der Waals surface area contributed by atoms with E-state index in [9.17, 15) is 24.4 Å². The summed E-state index contributed by atoms with van der Waals surface area (Å²) in [4.78, 5) is 49.9. The average Bonchev–Trinajstić information content (AvgIpc) is 3.14. The molecule has 0 unspecified atom stereocenters. The van der Waals surface area contributed by atoms with Crippen LogP contribution in [0.5, 0.6) is 0 Å². The van der Waals surface area contributed by atoms with Gasteiger partial charge in [-0.25, -0.2) is 9.86 Å². The number of hydrogen-bond donors (Lipinski definition) is 3. The zero-order chi connectivity index (χ0) is 20.1. The molecule has 0 aromatic carbocycles. The molecule has 5 amide bonds. The SMILES string of the molecule is O=CN(O)C[C@@H](CC1CCCC1)C(=O)N1CCC[C@H]1C(=O)NC(=O)NC1CC1. The van der Waals surface area contributed by atoms with E-state index in [0.717, 1.165) is 38.5 Å². The largest absolute Gasteiger partial charge is 0.335 e. The standard InChI is InChI=1S/C19H30N4O5/c24-12-22(28)11-14(10-13-4-1-2-5-13)18(26)23-9-3-6-16(23)17(25)21-19(27)20-15-7-8-15/h12-16,28H,1-11H2,(H2,20,21,25,27)/t14-,16+/m1/s1. The van der Waals surface area contributed by atoms with Crippen LogP contribution in [0.1, 0.15) is 57.8 Å². The van der Waals surface area contributed by atoms with Crippen LogP contribution in [0, 0.1) is 11.8 Å². The van der Waals surface area contributed by atoms with E-state index in [1.54, 1.807) is 0 Å². The van der Waals surface area contributed by atoms with Gasteiger partial charge >= 0.3 is 6.03 Å². The normalized spacial score (nSPS) is 23.3. The second-order valence-corrected chi connectivity index (χ2v) is 8.24. The topological polar surface area (TPSA) is 119 Å². The summed E-state index contributed by atoms with van der Waals surface area (Å²) in [6.07, 6.45) is 8.27. The van der Waals surface area contributed by atoms with Gasteiger partial charge in [-0.1, -0.05) is 25.7 Å². The second-order valence-electron chi connectivity index (χ2n) is 8.24. The van der Waals surface area contributed by atoms with Gasteiger partial charge in [0.1, 0.15) is 6.04 Å². The molecule has 28 heavy (non-hydrogen) atoms. The third-order valence-electron chi connectivity index (χ3n) is 5.96. The molecule has 2 atom stereocenters. The van der Waals surface area contributed by atoms with E-state index in [0.29, 0.717) is 43.2 Å². The molecule has 3 fully saturated rings. The van der Waals surface area contributed by atoms with E-state index >= 15 is 0 Å². The van der Waals surface area contributed by atoms with Crippen molar-refractivity contribution in [2.75, 3.05) is 13.1 Å². The van der Waals surface area contributed by atoms with Crippen molar-refractivity contribution >= 4 is 24.3 Å². The molecule has 0 aromatic heterocycles. The van der Waals surface area contributed by atoms with Crippen LogP contribution in [0.2, 0.25) is 0 Å². The Morgan fingerprint density at radius 1 is 1.11 bits per heavy atom. The zero-order valence-corrected chi connectivity index (χ0v) is 16.1. The maximum absolute atomic E-state index is 13.2. The number of carbonyl (C=O) groups is 4. The van der Waals surface area contributed by atoms with E-state index < -0.39 is 23.9 Å². The van der Waals surface area contributed by atoms with Crippen LogP contribution in [0.25, 0.3) is 0 Å². The molecule has 9 heteroatoms. The van der Waals surface area contributed by atoms with E-state index in [2.05, 4.69) is 10.6 Å². The van der Waals surface area contributed by atoms with E-state index in [4.69, 9.17) is 0 Å². The van der Waals surface area contributed by atoms with Crippen LogP contribution in [-0.2, 0) is 14.4 Å². The lowest BCUT2D eigenvalue weighted by atomic mass is 9.91. The summed E-state index contributed by atoms with van der Waals surface area (Å²) in [5.74, 6) is -0.854. The Morgan fingerprint density at radius 2 is 1.82 bits per heavy atom. The number of likely N-dealkylation sites (tertiary alicyclic amines) is 1. The number of hydroxylamine groups is 2. The van der Waals surface area contributed by atoms with Gasteiger partial charge in [0.25, 0.3) is 5.91 Å². The summed E-state index contributed by atoms with van der Waals surface area (Å²) in [6.45, 7) is 0.362. The highest BCUT2D eigenvalue weighted by Gasteiger charge is 2.39. The molecule has 3 rings (SSSR count). The van der Waals surface area contributed by atoms with Crippen molar-refractivity contribution < 1.29 is 24.4 Å². The molecule has 1 aliphatic heterocycles. The first-order chi connectivity index (χ1) is 13.5. The van der Waals surface area contributed by atoms with Crippen LogP contribution >= 0.6 is 0 Å². The zero-order valence-electron chi connectivity index (χ0n) is 16.1. The van der Waals surface area contributed by atoms with Crippen LogP contribution in [0.15, 0.2) is 0 Å². The summed E-state index contributed by atoms with van der Waals surface area (Å²) < 4.78 is 0. The van der Waals surface area contributed by atoms with Crippen molar-refractivity contribution in [3.05, 3.63) is 0 Å². The summed E-state index contributed by atoms with van der Waals surface area (Å²) in [6, 6.07) is -1.06. The molecule has 0 radical (unpaired) electrons. The third-order valence-corrected chi connectivity index (χ3v) is 5.96. The second kappa shape index (κ2) is 9.36. The molecule has 156 valence electrons. The van der Waals surface area contributed by atoms with Gasteiger partial charge in [-0.15, -0.1) is 0 Å². The molecule has 2 saturated carbocycles. The van der Waals surface area contributed by atoms with Crippen molar-refractivity contribution in [1.29, 1.82) is 0 Å². The Balaban J connectivity index is 1.62. The summed E-state index contributed by atoms with van der Waals surface area (Å²) >= 11 is 0. The van der Waals surface area contributed by atoms with Crippen molar-refractivity contribution in [1.82, 2.24) is 20.6 Å². The number of rotatable bonds is 8. The number of amides is 5. The number of urea groups is 1. The van der Waals surface area contributed by atoms with Gasteiger partial charge in [0.05, 0.1) is 12.5 Å². The first-order valence-electron chi connectivity index (χ1n) is 10.3. The van der Waals surface area contributed by atoms with Crippen LogP contribution in [-0.4, -0.2) is 64.6 Å². The first-order valence-corrected chi connectivity index (χ1v) is 10.3. The van der Waals surface area contributed by atoms with Gasteiger partial charge in [0.15, 0.2) is 0 Å². The molecule has 9 nitrogen and oxygen atoms in total. The molecular weight excluding hydrogens is 364 g/mol. The highest BCUT2D eigenvalue weighted by molar-refractivity contribution is 5.99. The minimum atomic E-state index is -0.688.